The molecule has 1 atom stereocenters. The number of nitro benzene ring substituents is 1. The molecule has 0 radical (unpaired) electrons. The fourth-order valence-corrected chi connectivity index (χ4v) is 6.14. The van der Waals surface area contributed by atoms with E-state index in [1.54, 1.807) is 0 Å². The fourth-order valence-electron chi connectivity index (χ4n) is 6.14. The standard InChI is InChI=1S/C22H28N2O6/c1-14(22-9-15-6-16(10-22)8-17(7-15)11-22)23-20(25)12-30-21(26)13-29-19-4-2-18(3-5-19)24(27)28/h2-5,14-17H,6-13H2,1H3,(H,23,25)/t14-,15?,16?,17?,22?/m1/s1. The Labute approximate surface area is 175 Å². The lowest BCUT2D eigenvalue weighted by Gasteiger charge is -2.59. The zero-order valence-electron chi connectivity index (χ0n) is 17.2. The van der Waals surface area contributed by atoms with E-state index >= 15 is 0 Å². The third kappa shape index (κ3) is 4.42. The van der Waals surface area contributed by atoms with Crippen molar-refractivity contribution in [1.82, 2.24) is 5.32 Å². The first-order valence-corrected chi connectivity index (χ1v) is 10.7. The Morgan fingerprint density at radius 2 is 1.67 bits per heavy atom. The lowest BCUT2D eigenvalue weighted by atomic mass is 9.48. The smallest absolute Gasteiger partial charge is 0.344 e. The van der Waals surface area contributed by atoms with Gasteiger partial charge >= 0.3 is 5.97 Å². The van der Waals surface area contributed by atoms with Crippen LogP contribution in [-0.2, 0) is 14.3 Å². The Kier molecular flexibility index (Phi) is 5.66. The lowest BCUT2D eigenvalue weighted by molar-refractivity contribution is -0.384. The minimum absolute atomic E-state index is 0.0604. The van der Waals surface area contributed by atoms with Crippen molar-refractivity contribution in [3.8, 4) is 5.75 Å². The van der Waals surface area contributed by atoms with Crippen LogP contribution in [0.4, 0.5) is 5.69 Å². The van der Waals surface area contributed by atoms with E-state index in [0.717, 1.165) is 17.8 Å². The third-order valence-corrected chi connectivity index (χ3v) is 7.15. The molecule has 0 spiro atoms. The molecule has 0 aliphatic heterocycles. The average molecular weight is 416 g/mol. The number of amides is 1. The molecule has 1 amide bonds. The number of carbonyl (C=O) groups is 2. The summed E-state index contributed by atoms with van der Waals surface area (Å²) in [4.78, 5) is 34.3. The van der Waals surface area contributed by atoms with Crippen LogP contribution in [0.15, 0.2) is 24.3 Å². The van der Waals surface area contributed by atoms with Crippen molar-refractivity contribution < 1.29 is 24.0 Å². The van der Waals surface area contributed by atoms with E-state index in [2.05, 4.69) is 12.2 Å². The summed E-state index contributed by atoms with van der Waals surface area (Å²) >= 11 is 0. The number of benzene rings is 1. The largest absolute Gasteiger partial charge is 0.482 e. The number of hydrogen-bond donors (Lipinski definition) is 1. The first kappa shape index (κ1) is 20.6. The predicted molar refractivity (Wildman–Crippen MR) is 108 cm³/mol. The first-order chi connectivity index (χ1) is 14.3. The molecule has 0 unspecified atom stereocenters. The molecule has 0 heterocycles. The van der Waals surface area contributed by atoms with Crippen molar-refractivity contribution >= 4 is 17.6 Å². The second-order valence-electron chi connectivity index (χ2n) is 9.27. The van der Waals surface area contributed by atoms with Gasteiger partial charge in [0, 0.05) is 18.2 Å². The number of carbonyl (C=O) groups excluding carboxylic acids is 2. The average Bonchev–Trinajstić information content (AvgIpc) is 2.70. The summed E-state index contributed by atoms with van der Waals surface area (Å²) in [5, 5.41) is 13.7. The Bertz CT molecular complexity index is 786. The molecule has 1 aromatic carbocycles. The highest BCUT2D eigenvalue weighted by Crippen LogP contribution is 2.61. The monoisotopic (exact) mass is 416 g/mol. The summed E-state index contributed by atoms with van der Waals surface area (Å²) in [5.41, 5.74) is 0.141. The van der Waals surface area contributed by atoms with Gasteiger partial charge in [0.15, 0.2) is 13.2 Å². The lowest BCUT2D eigenvalue weighted by Crippen LogP contribution is -2.56. The highest BCUT2D eigenvalue weighted by atomic mass is 16.6. The van der Waals surface area contributed by atoms with Crippen LogP contribution < -0.4 is 10.1 Å². The second kappa shape index (κ2) is 8.24. The van der Waals surface area contributed by atoms with Crippen molar-refractivity contribution in [3.63, 3.8) is 0 Å². The van der Waals surface area contributed by atoms with Crippen LogP contribution in [0.25, 0.3) is 0 Å². The summed E-state index contributed by atoms with van der Waals surface area (Å²) in [5.74, 6) is 1.80. The number of ether oxygens (including phenoxy) is 2. The molecule has 4 bridgehead atoms. The van der Waals surface area contributed by atoms with Gasteiger partial charge in [-0.05, 0) is 80.8 Å². The van der Waals surface area contributed by atoms with Crippen LogP contribution in [-0.4, -0.2) is 36.1 Å². The number of hydrogen-bond acceptors (Lipinski definition) is 6. The number of nitro groups is 1. The Morgan fingerprint density at radius 3 is 2.20 bits per heavy atom. The van der Waals surface area contributed by atoms with Crippen LogP contribution in [0.5, 0.6) is 5.75 Å². The molecule has 4 fully saturated rings. The summed E-state index contributed by atoms with van der Waals surface area (Å²) in [6, 6.07) is 5.48. The van der Waals surface area contributed by atoms with E-state index in [9.17, 15) is 19.7 Å². The van der Waals surface area contributed by atoms with Crippen LogP contribution >= 0.6 is 0 Å². The quantitative estimate of drug-likeness (QED) is 0.396. The molecule has 5 rings (SSSR count). The predicted octanol–water partition coefficient (Wildman–Crippen LogP) is 3.24. The number of nitrogens with one attached hydrogen (secondary N) is 1. The minimum Gasteiger partial charge on any atom is -0.482 e. The van der Waals surface area contributed by atoms with Gasteiger partial charge in [-0.1, -0.05) is 0 Å². The van der Waals surface area contributed by atoms with Gasteiger partial charge in [-0.3, -0.25) is 14.9 Å². The summed E-state index contributed by atoms with van der Waals surface area (Å²) < 4.78 is 10.3. The first-order valence-electron chi connectivity index (χ1n) is 10.7. The molecule has 4 aliphatic rings. The maximum atomic E-state index is 12.3. The number of non-ortho nitro benzene ring substituents is 1. The van der Waals surface area contributed by atoms with Crippen LogP contribution in [0, 0.1) is 33.3 Å². The van der Waals surface area contributed by atoms with E-state index in [1.165, 1.54) is 62.8 Å². The molecular weight excluding hydrogens is 388 g/mol. The van der Waals surface area contributed by atoms with Crippen molar-refractivity contribution in [2.75, 3.05) is 13.2 Å². The zero-order chi connectivity index (χ0) is 21.3. The van der Waals surface area contributed by atoms with E-state index in [0.29, 0.717) is 5.75 Å². The fraction of sp³-hybridized carbons (Fsp3) is 0.636. The van der Waals surface area contributed by atoms with Crippen molar-refractivity contribution in [2.45, 2.75) is 51.5 Å². The molecule has 1 aromatic rings. The van der Waals surface area contributed by atoms with Crippen LogP contribution in [0.3, 0.4) is 0 Å². The molecule has 8 nitrogen and oxygen atoms in total. The van der Waals surface area contributed by atoms with Crippen LogP contribution in [0.1, 0.15) is 45.4 Å². The Balaban J connectivity index is 1.20. The molecule has 4 saturated carbocycles. The van der Waals surface area contributed by atoms with Gasteiger partial charge in [-0.15, -0.1) is 0 Å². The van der Waals surface area contributed by atoms with Gasteiger partial charge in [0.05, 0.1) is 4.92 Å². The van der Waals surface area contributed by atoms with Gasteiger partial charge in [0.25, 0.3) is 11.6 Å². The van der Waals surface area contributed by atoms with E-state index < -0.39 is 10.9 Å². The number of rotatable bonds is 8. The van der Waals surface area contributed by atoms with E-state index in [4.69, 9.17) is 9.47 Å². The third-order valence-electron chi connectivity index (χ3n) is 7.15. The van der Waals surface area contributed by atoms with Gasteiger partial charge in [0.2, 0.25) is 0 Å². The van der Waals surface area contributed by atoms with Gasteiger partial charge in [-0.25, -0.2) is 4.79 Å². The molecule has 0 aromatic heterocycles. The maximum Gasteiger partial charge on any atom is 0.344 e. The molecular formula is C22H28N2O6. The Hall–Kier alpha value is -2.64. The van der Waals surface area contributed by atoms with Crippen molar-refractivity contribution in [2.24, 2.45) is 23.2 Å². The zero-order valence-corrected chi connectivity index (χ0v) is 17.2. The highest BCUT2D eigenvalue weighted by molar-refractivity contribution is 5.81. The molecule has 0 saturated heterocycles. The summed E-state index contributed by atoms with van der Waals surface area (Å²) in [6.07, 6.45) is 7.65. The number of esters is 1. The Morgan fingerprint density at radius 1 is 1.10 bits per heavy atom. The van der Waals surface area contributed by atoms with Crippen LogP contribution in [0.2, 0.25) is 0 Å². The highest BCUT2D eigenvalue weighted by Gasteiger charge is 2.53. The SMILES string of the molecule is C[C@@H](NC(=O)COC(=O)COc1ccc([N+](=O)[O-])cc1)C12CC3CC(CC(C3)C1)C2. The molecule has 1 N–H and O–H groups in total. The topological polar surface area (TPSA) is 108 Å². The summed E-state index contributed by atoms with van der Waals surface area (Å²) in [7, 11) is 0. The molecule has 162 valence electrons. The van der Waals surface area contributed by atoms with Gasteiger partial charge in [0.1, 0.15) is 5.75 Å². The maximum absolute atomic E-state index is 12.3. The molecule has 30 heavy (non-hydrogen) atoms. The van der Waals surface area contributed by atoms with E-state index in [-0.39, 0.29) is 36.3 Å². The normalized spacial score (nSPS) is 29.8. The summed E-state index contributed by atoms with van der Waals surface area (Å²) in [6.45, 7) is 1.39. The van der Waals surface area contributed by atoms with Gasteiger partial charge in [-0.2, -0.15) is 0 Å². The second-order valence-corrected chi connectivity index (χ2v) is 9.27. The molecule has 8 heteroatoms. The van der Waals surface area contributed by atoms with E-state index in [1.807, 2.05) is 0 Å². The molecule has 4 aliphatic carbocycles. The van der Waals surface area contributed by atoms with Gasteiger partial charge < -0.3 is 14.8 Å². The number of nitrogens with zero attached hydrogens (tertiary/aromatic N) is 1. The minimum atomic E-state index is -0.661. The van der Waals surface area contributed by atoms with Crippen molar-refractivity contribution in [1.29, 1.82) is 0 Å². The van der Waals surface area contributed by atoms with Crippen molar-refractivity contribution in [3.05, 3.63) is 34.4 Å².